The first-order valence-corrected chi connectivity index (χ1v) is 9.69. The number of hydrogen-bond donors (Lipinski definition) is 1. The maximum absolute atomic E-state index is 13.1. The van der Waals surface area contributed by atoms with Crippen LogP contribution in [0.4, 0.5) is 0 Å². The van der Waals surface area contributed by atoms with E-state index in [2.05, 4.69) is 6.92 Å². The molecule has 5 heteroatoms. The van der Waals surface area contributed by atoms with Crippen LogP contribution in [0.3, 0.4) is 0 Å². The minimum Gasteiger partial charge on any atom is -0.396 e. The van der Waals surface area contributed by atoms with Crippen LogP contribution in [0.25, 0.3) is 5.57 Å². The third-order valence-electron chi connectivity index (χ3n) is 5.28. The summed E-state index contributed by atoms with van der Waals surface area (Å²) in [5, 5.41) is 9.54. The summed E-state index contributed by atoms with van der Waals surface area (Å²) in [5.74, 6) is -0.202. The fourth-order valence-electron chi connectivity index (χ4n) is 3.86. The number of likely N-dealkylation sites (tertiary alicyclic amines) is 1. The molecular weight excluding hydrogens is 328 g/mol. The molecule has 0 spiro atoms. The number of benzene rings is 1. The van der Waals surface area contributed by atoms with Crippen LogP contribution in [0.2, 0.25) is 0 Å². The van der Waals surface area contributed by atoms with Crippen molar-refractivity contribution in [2.75, 3.05) is 26.2 Å². The molecule has 1 unspecified atom stereocenters. The molecule has 1 aromatic carbocycles. The molecule has 1 N–H and O–H groups in total. The van der Waals surface area contributed by atoms with E-state index in [1.807, 2.05) is 35.2 Å². The first-order chi connectivity index (χ1) is 12.7. The van der Waals surface area contributed by atoms with Crippen LogP contribution in [0.5, 0.6) is 0 Å². The molecule has 0 saturated carbocycles. The zero-order valence-electron chi connectivity index (χ0n) is 15.5. The maximum Gasteiger partial charge on any atom is 0.277 e. The van der Waals surface area contributed by atoms with Gasteiger partial charge in [-0.25, -0.2) is 0 Å². The standard InChI is InChI=1S/C21H28N2O3/c1-2-3-7-13-23-20(25)18(17-10-5-4-6-11-17)19(21(23)26)22-12-8-9-16(14-22)15-24/h4-6,10-11,16,24H,2-3,7-9,12-15H2,1H3. The van der Waals surface area contributed by atoms with Crippen molar-refractivity contribution < 1.29 is 14.7 Å². The van der Waals surface area contributed by atoms with Gasteiger partial charge in [0.1, 0.15) is 5.70 Å². The fourth-order valence-corrected chi connectivity index (χ4v) is 3.86. The molecule has 0 bridgehead atoms. The van der Waals surface area contributed by atoms with E-state index in [0.29, 0.717) is 24.4 Å². The number of imide groups is 1. The topological polar surface area (TPSA) is 60.9 Å². The second kappa shape index (κ2) is 8.49. The van der Waals surface area contributed by atoms with E-state index in [0.717, 1.165) is 44.2 Å². The Balaban J connectivity index is 1.95. The monoisotopic (exact) mass is 356 g/mol. The van der Waals surface area contributed by atoms with Crippen LogP contribution in [0.15, 0.2) is 36.0 Å². The predicted molar refractivity (Wildman–Crippen MR) is 101 cm³/mol. The molecule has 3 rings (SSSR count). The Hall–Kier alpha value is -2.14. The largest absolute Gasteiger partial charge is 0.396 e. The number of unbranched alkanes of at least 4 members (excludes halogenated alkanes) is 2. The van der Waals surface area contributed by atoms with Gasteiger partial charge in [0.2, 0.25) is 0 Å². The molecule has 2 heterocycles. The van der Waals surface area contributed by atoms with Crippen LogP contribution in [-0.4, -0.2) is 53.0 Å². The first-order valence-electron chi connectivity index (χ1n) is 9.69. The number of hydrogen-bond acceptors (Lipinski definition) is 4. The number of carbonyl (C=O) groups excluding carboxylic acids is 2. The van der Waals surface area contributed by atoms with Crippen LogP contribution >= 0.6 is 0 Å². The zero-order valence-corrected chi connectivity index (χ0v) is 15.5. The van der Waals surface area contributed by atoms with Gasteiger partial charge in [0.15, 0.2) is 0 Å². The average molecular weight is 356 g/mol. The van der Waals surface area contributed by atoms with E-state index in [-0.39, 0.29) is 24.3 Å². The Morgan fingerprint density at radius 1 is 1.12 bits per heavy atom. The normalized spacial score (nSPS) is 21.1. The van der Waals surface area contributed by atoms with Gasteiger partial charge >= 0.3 is 0 Å². The molecule has 140 valence electrons. The lowest BCUT2D eigenvalue weighted by Gasteiger charge is -2.34. The van der Waals surface area contributed by atoms with Crippen LogP contribution in [0, 0.1) is 5.92 Å². The molecule has 1 atom stereocenters. The van der Waals surface area contributed by atoms with E-state index in [1.165, 1.54) is 4.90 Å². The molecule has 2 aliphatic heterocycles. The molecule has 5 nitrogen and oxygen atoms in total. The summed E-state index contributed by atoms with van der Waals surface area (Å²) < 4.78 is 0. The Morgan fingerprint density at radius 3 is 2.58 bits per heavy atom. The summed E-state index contributed by atoms with van der Waals surface area (Å²) in [4.78, 5) is 29.7. The Kier molecular flexibility index (Phi) is 6.09. The summed E-state index contributed by atoms with van der Waals surface area (Å²) in [6.45, 7) is 4.08. The highest BCUT2D eigenvalue weighted by atomic mass is 16.3. The van der Waals surface area contributed by atoms with Gasteiger partial charge in [-0.05, 0) is 30.7 Å². The molecule has 0 aliphatic carbocycles. The molecule has 2 amide bonds. The molecule has 26 heavy (non-hydrogen) atoms. The second-order valence-corrected chi connectivity index (χ2v) is 7.20. The van der Waals surface area contributed by atoms with Crippen molar-refractivity contribution in [3.05, 3.63) is 41.6 Å². The fraction of sp³-hybridized carbons (Fsp3) is 0.524. The lowest BCUT2D eigenvalue weighted by molar-refractivity contribution is -0.137. The van der Waals surface area contributed by atoms with E-state index in [4.69, 9.17) is 0 Å². The molecule has 0 aromatic heterocycles. The summed E-state index contributed by atoms with van der Waals surface area (Å²) in [5.41, 5.74) is 1.84. The highest BCUT2D eigenvalue weighted by molar-refractivity contribution is 6.35. The van der Waals surface area contributed by atoms with Gasteiger partial charge in [-0.2, -0.15) is 0 Å². The molecule has 0 radical (unpaired) electrons. The highest BCUT2D eigenvalue weighted by Crippen LogP contribution is 2.34. The SMILES string of the molecule is CCCCCN1C(=O)C(c2ccccc2)=C(N2CCCC(CO)C2)C1=O. The minimum atomic E-state index is -0.182. The van der Waals surface area contributed by atoms with Crippen molar-refractivity contribution in [3.63, 3.8) is 0 Å². The highest BCUT2D eigenvalue weighted by Gasteiger charge is 2.42. The van der Waals surface area contributed by atoms with Crippen LogP contribution < -0.4 is 0 Å². The zero-order chi connectivity index (χ0) is 18.5. The smallest absolute Gasteiger partial charge is 0.277 e. The number of aliphatic hydroxyl groups is 1. The van der Waals surface area contributed by atoms with E-state index < -0.39 is 0 Å². The number of carbonyl (C=O) groups is 2. The Bertz CT molecular complexity index is 684. The summed E-state index contributed by atoms with van der Waals surface area (Å²) in [6, 6.07) is 9.48. The molecule has 1 saturated heterocycles. The number of amides is 2. The molecular formula is C21H28N2O3. The number of aliphatic hydroxyl groups excluding tert-OH is 1. The lowest BCUT2D eigenvalue weighted by atomic mass is 9.97. The van der Waals surface area contributed by atoms with Crippen LogP contribution in [-0.2, 0) is 9.59 Å². The van der Waals surface area contributed by atoms with Crippen molar-refractivity contribution in [2.45, 2.75) is 39.0 Å². The summed E-state index contributed by atoms with van der Waals surface area (Å²) in [6.07, 6.45) is 4.77. The van der Waals surface area contributed by atoms with Gasteiger partial charge in [-0.1, -0.05) is 50.1 Å². The van der Waals surface area contributed by atoms with Crippen molar-refractivity contribution in [1.29, 1.82) is 0 Å². The Morgan fingerprint density at radius 2 is 1.88 bits per heavy atom. The van der Waals surface area contributed by atoms with Gasteiger partial charge in [-0.15, -0.1) is 0 Å². The summed E-state index contributed by atoms with van der Waals surface area (Å²) in [7, 11) is 0. The van der Waals surface area contributed by atoms with Gasteiger partial charge in [0.05, 0.1) is 5.57 Å². The van der Waals surface area contributed by atoms with E-state index >= 15 is 0 Å². The van der Waals surface area contributed by atoms with Crippen molar-refractivity contribution in [3.8, 4) is 0 Å². The predicted octanol–water partition coefficient (Wildman–Crippen LogP) is 2.66. The van der Waals surface area contributed by atoms with Crippen molar-refractivity contribution in [2.24, 2.45) is 5.92 Å². The van der Waals surface area contributed by atoms with Crippen molar-refractivity contribution in [1.82, 2.24) is 9.80 Å². The first kappa shape index (κ1) is 18.6. The summed E-state index contributed by atoms with van der Waals surface area (Å²) >= 11 is 0. The third kappa shape index (κ3) is 3.68. The average Bonchev–Trinajstić information content (AvgIpc) is 2.93. The molecule has 2 aliphatic rings. The number of piperidine rings is 1. The van der Waals surface area contributed by atoms with Gasteiger partial charge in [-0.3, -0.25) is 14.5 Å². The number of rotatable bonds is 7. The maximum atomic E-state index is 13.1. The third-order valence-corrected chi connectivity index (χ3v) is 5.28. The van der Waals surface area contributed by atoms with Crippen LogP contribution in [0.1, 0.15) is 44.6 Å². The lowest BCUT2D eigenvalue weighted by Crippen LogP contribution is -2.40. The van der Waals surface area contributed by atoms with Gasteiger partial charge < -0.3 is 10.0 Å². The van der Waals surface area contributed by atoms with Gasteiger partial charge in [0.25, 0.3) is 11.8 Å². The molecule has 1 fully saturated rings. The van der Waals surface area contributed by atoms with E-state index in [9.17, 15) is 14.7 Å². The minimum absolute atomic E-state index is 0.118. The molecule has 1 aromatic rings. The van der Waals surface area contributed by atoms with E-state index in [1.54, 1.807) is 0 Å². The number of nitrogens with zero attached hydrogens (tertiary/aromatic N) is 2. The van der Waals surface area contributed by atoms with Gasteiger partial charge in [0, 0.05) is 26.2 Å². The van der Waals surface area contributed by atoms with Crippen molar-refractivity contribution >= 4 is 17.4 Å². The second-order valence-electron chi connectivity index (χ2n) is 7.20. The Labute approximate surface area is 155 Å². The quantitative estimate of drug-likeness (QED) is 0.603.